The molecule has 2 rings (SSSR count). The van der Waals surface area contributed by atoms with Crippen LogP contribution in [0.3, 0.4) is 0 Å². The molecule has 1 saturated carbocycles. The summed E-state index contributed by atoms with van der Waals surface area (Å²) in [6.07, 6.45) is 7.52. The van der Waals surface area contributed by atoms with E-state index in [1.807, 2.05) is 0 Å². The first-order chi connectivity index (χ1) is 7.97. The number of nitrogens with two attached hydrogens (primary N) is 1. The maximum absolute atomic E-state index is 6.10. The molecule has 3 heteroatoms. The molecule has 1 saturated heterocycles. The number of nitrogens with one attached hydrogen (secondary N) is 1. The number of ether oxygens (including phenoxy) is 1. The van der Waals surface area contributed by atoms with Crippen molar-refractivity contribution in [3.63, 3.8) is 0 Å². The van der Waals surface area contributed by atoms with Crippen molar-refractivity contribution >= 4 is 0 Å². The minimum Gasteiger partial charge on any atom is -0.375 e. The van der Waals surface area contributed by atoms with E-state index < -0.39 is 0 Å². The lowest BCUT2D eigenvalue weighted by molar-refractivity contribution is -0.104. The zero-order chi connectivity index (χ0) is 12.5. The van der Waals surface area contributed by atoms with Gasteiger partial charge in [-0.05, 0) is 37.0 Å². The van der Waals surface area contributed by atoms with Crippen LogP contribution in [-0.4, -0.2) is 18.2 Å². The van der Waals surface area contributed by atoms with Crippen molar-refractivity contribution in [1.29, 1.82) is 0 Å². The van der Waals surface area contributed by atoms with Crippen LogP contribution < -0.4 is 11.3 Å². The summed E-state index contributed by atoms with van der Waals surface area (Å²) in [5, 5.41) is 0. The minimum absolute atomic E-state index is 0.198. The van der Waals surface area contributed by atoms with Crippen molar-refractivity contribution in [3.05, 3.63) is 0 Å². The molecular formula is C14H28N2O. The van der Waals surface area contributed by atoms with Gasteiger partial charge in [0.1, 0.15) is 0 Å². The molecule has 0 bridgehead atoms. The number of rotatable bonds is 2. The molecule has 2 fully saturated rings. The molecule has 1 aliphatic heterocycles. The maximum atomic E-state index is 6.10. The van der Waals surface area contributed by atoms with Crippen LogP contribution in [-0.2, 0) is 4.74 Å². The molecule has 3 N–H and O–H groups in total. The Bertz CT molecular complexity index is 253. The van der Waals surface area contributed by atoms with Gasteiger partial charge in [-0.15, -0.1) is 0 Å². The highest BCUT2D eigenvalue weighted by molar-refractivity contribution is 4.96. The Morgan fingerprint density at radius 2 is 1.94 bits per heavy atom. The summed E-state index contributed by atoms with van der Waals surface area (Å²) in [4.78, 5) is 0. The van der Waals surface area contributed by atoms with Gasteiger partial charge >= 0.3 is 0 Å². The van der Waals surface area contributed by atoms with Gasteiger partial charge in [0, 0.05) is 12.6 Å². The van der Waals surface area contributed by atoms with Crippen LogP contribution in [0, 0.1) is 11.3 Å². The van der Waals surface area contributed by atoms with Gasteiger partial charge in [0.05, 0.1) is 5.60 Å². The van der Waals surface area contributed by atoms with E-state index in [1.54, 1.807) is 0 Å². The number of hydrazine groups is 1. The lowest BCUT2D eigenvalue weighted by Gasteiger charge is -2.45. The smallest absolute Gasteiger partial charge is 0.0685 e. The quantitative estimate of drug-likeness (QED) is 0.576. The van der Waals surface area contributed by atoms with E-state index in [0.717, 1.165) is 13.0 Å². The van der Waals surface area contributed by atoms with Crippen LogP contribution in [0.25, 0.3) is 0 Å². The van der Waals surface area contributed by atoms with Gasteiger partial charge in [0.25, 0.3) is 0 Å². The molecule has 2 aliphatic rings. The first-order valence-electron chi connectivity index (χ1n) is 7.07. The highest BCUT2D eigenvalue weighted by Gasteiger charge is 2.43. The Morgan fingerprint density at radius 1 is 1.29 bits per heavy atom. The summed E-state index contributed by atoms with van der Waals surface area (Å²) in [6.45, 7) is 7.73. The zero-order valence-electron chi connectivity index (χ0n) is 11.6. The Labute approximate surface area is 105 Å². The molecule has 0 aromatic rings. The predicted molar refractivity (Wildman–Crippen MR) is 70.4 cm³/mol. The lowest BCUT2D eigenvalue weighted by atomic mass is 9.72. The molecule has 17 heavy (non-hydrogen) atoms. The Balaban J connectivity index is 2.05. The normalized spacial score (nSPS) is 30.7. The second-order valence-corrected chi connectivity index (χ2v) is 7.00. The monoisotopic (exact) mass is 240 g/mol. The zero-order valence-corrected chi connectivity index (χ0v) is 11.6. The molecule has 0 amide bonds. The summed E-state index contributed by atoms with van der Waals surface area (Å²) in [7, 11) is 0. The van der Waals surface area contributed by atoms with Gasteiger partial charge in [0.2, 0.25) is 0 Å². The van der Waals surface area contributed by atoms with E-state index in [9.17, 15) is 0 Å². The highest BCUT2D eigenvalue weighted by atomic mass is 16.5. The summed E-state index contributed by atoms with van der Waals surface area (Å²) < 4.78 is 6.10. The fourth-order valence-electron chi connectivity index (χ4n) is 3.81. The van der Waals surface area contributed by atoms with Crippen LogP contribution in [0.15, 0.2) is 0 Å². The molecule has 0 aromatic heterocycles. The average Bonchev–Trinajstić information content (AvgIpc) is 2.65. The van der Waals surface area contributed by atoms with Crippen LogP contribution >= 0.6 is 0 Å². The first-order valence-corrected chi connectivity index (χ1v) is 7.07. The second kappa shape index (κ2) is 4.87. The molecule has 2 atom stereocenters. The summed E-state index contributed by atoms with van der Waals surface area (Å²) in [6, 6.07) is 0.392. The molecule has 1 heterocycles. The second-order valence-electron chi connectivity index (χ2n) is 7.00. The van der Waals surface area contributed by atoms with Crippen LogP contribution in [0.4, 0.5) is 0 Å². The number of hydrogen-bond acceptors (Lipinski definition) is 3. The van der Waals surface area contributed by atoms with Crippen molar-refractivity contribution in [2.75, 3.05) is 6.61 Å². The maximum Gasteiger partial charge on any atom is 0.0685 e. The predicted octanol–water partition coefficient (Wildman–Crippen LogP) is 2.60. The van der Waals surface area contributed by atoms with E-state index in [-0.39, 0.29) is 11.0 Å². The molecule has 1 spiro atoms. The Kier molecular flexibility index (Phi) is 3.81. The van der Waals surface area contributed by atoms with E-state index in [0.29, 0.717) is 12.0 Å². The fourth-order valence-corrected chi connectivity index (χ4v) is 3.81. The fraction of sp³-hybridized carbons (Fsp3) is 1.00. The first kappa shape index (κ1) is 13.3. The Hall–Kier alpha value is -0.120. The van der Waals surface area contributed by atoms with Gasteiger partial charge in [-0.2, -0.15) is 0 Å². The largest absolute Gasteiger partial charge is 0.375 e. The molecule has 3 nitrogen and oxygen atoms in total. The molecule has 2 unspecified atom stereocenters. The molecular weight excluding hydrogens is 212 g/mol. The third-order valence-corrected chi connectivity index (χ3v) is 4.63. The lowest BCUT2D eigenvalue weighted by Crippen LogP contribution is -2.53. The average molecular weight is 240 g/mol. The molecule has 100 valence electrons. The van der Waals surface area contributed by atoms with Gasteiger partial charge in [-0.3, -0.25) is 11.3 Å². The van der Waals surface area contributed by atoms with E-state index in [2.05, 4.69) is 26.2 Å². The topological polar surface area (TPSA) is 47.3 Å². The molecule has 0 aromatic carbocycles. The van der Waals surface area contributed by atoms with Gasteiger partial charge < -0.3 is 4.74 Å². The van der Waals surface area contributed by atoms with Crippen molar-refractivity contribution in [2.24, 2.45) is 17.2 Å². The van der Waals surface area contributed by atoms with Gasteiger partial charge in [0.15, 0.2) is 0 Å². The molecule has 1 aliphatic carbocycles. The van der Waals surface area contributed by atoms with Gasteiger partial charge in [-0.1, -0.05) is 33.6 Å². The minimum atomic E-state index is 0.198. The number of hydrogen-bond donors (Lipinski definition) is 2. The van der Waals surface area contributed by atoms with Crippen molar-refractivity contribution in [1.82, 2.24) is 5.43 Å². The third kappa shape index (κ3) is 2.83. The highest BCUT2D eigenvalue weighted by Crippen LogP contribution is 2.44. The van der Waals surface area contributed by atoms with Crippen LogP contribution in [0.5, 0.6) is 0 Å². The van der Waals surface area contributed by atoms with E-state index >= 15 is 0 Å². The van der Waals surface area contributed by atoms with Crippen molar-refractivity contribution in [3.8, 4) is 0 Å². The summed E-state index contributed by atoms with van der Waals surface area (Å²) in [5.74, 6) is 6.45. The van der Waals surface area contributed by atoms with Gasteiger partial charge in [-0.25, -0.2) is 0 Å². The summed E-state index contributed by atoms with van der Waals surface area (Å²) >= 11 is 0. The van der Waals surface area contributed by atoms with Crippen LogP contribution in [0.2, 0.25) is 0 Å². The van der Waals surface area contributed by atoms with Crippen molar-refractivity contribution < 1.29 is 4.74 Å². The van der Waals surface area contributed by atoms with E-state index in [4.69, 9.17) is 10.6 Å². The SMILES string of the molecule is CC(C)(C)C(NN)C1CCOC2(CCCC2)C1. The van der Waals surface area contributed by atoms with Crippen LogP contribution in [0.1, 0.15) is 59.3 Å². The molecule has 0 radical (unpaired) electrons. The summed E-state index contributed by atoms with van der Waals surface area (Å²) in [5.41, 5.74) is 3.48. The third-order valence-electron chi connectivity index (χ3n) is 4.63. The van der Waals surface area contributed by atoms with E-state index in [1.165, 1.54) is 32.1 Å². The Morgan fingerprint density at radius 3 is 2.47 bits per heavy atom. The standard InChI is InChI=1S/C14H28N2O/c1-13(2,3)12(16-15)11-6-9-17-14(10-11)7-4-5-8-14/h11-12,16H,4-10,15H2,1-3H3. The van der Waals surface area contributed by atoms with Crippen molar-refractivity contribution in [2.45, 2.75) is 70.9 Å².